The summed E-state index contributed by atoms with van der Waals surface area (Å²) < 4.78 is 0. The lowest BCUT2D eigenvalue weighted by Crippen LogP contribution is -2.44. The van der Waals surface area contributed by atoms with Crippen molar-refractivity contribution in [3.8, 4) is 0 Å². The second kappa shape index (κ2) is 5.51. The molecule has 1 aliphatic heterocycles. The predicted molar refractivity (Wildman–Crippen MR) is 79.1 cm³/mol. The average Bonchev–Trinajstić information content (AvgIpc) is 2.49. The van der Waals surface area contributed by atoms with Gasteiger partial charge in [0.05, 0.1) is 17.3 Å². The van der Waals surface area contributed by atoms with Crippen molar-refractivity contribution in [2.24, 2.45) is 0 Å². The van der Waals surface area contributed by atoms with E-state index in [1.54, 1.807) is 0 Å². The van der Waals surface area contributed by atoms with Crippen molar-refractivity contribution >= 4 is 10.9 Å². The first-order chi connectivity index (χ1) is 9.38. The van der Waals surface area contributed by atoms with Gasteiger partial charge in [-0.1, -0.05) is 30.3 Å². The van der Waals surface area contributed by atoms with Gasteiger partial charge in [0, 0.05) is 31.6 Å². The molecule has 0 bridgehead atoms. The lowest BCUT2D eigenvalue weighted by atomic mass is 10.1. The molecule has 1 aliphatic rings. The fourth-order valence-electron chi connectivity index (χ4n) is 2.66. The second-order valence-electron chi connectivity index (χ2n) is 4.90. The largest absolute Gasteiger partial charge is 0.314 e. The smallest absolute Gasteiger partial charge is 0.0706 e. The minimum atomic E-state index is 0.215. The molecule has 3 rings (SSSR count). The van der Waals surface area contributed by atoms with Gasteiger partial charge in [0.15, 0.2) is 0 Å². The molecule has 1 N–H and O–H groups in total. The van der Waals surface area contributed by atoms with Gasteiger partial charge in [0.25, 0.3) is 0 Å². The molecular weight excluding hydrogens is 234 g/mol. The zero-order chi connectivity index (χ0) is 13.1. The van der Waals surface area contributed by atoms with Crippen molar-refractivity contribution in [1.29, 1.82) is 0 Å². The van der Waals surface area contributed by atoms with E-state index < -0.39 is 0 Å². The molecule has 0 unspecified atom stereocenters. The maximum atomic E-state index is 4.79. The summed E-state index contributed by atoms with van der Waals surface area (Å²) >= 11 is 0. The van der Waals surface area contributed by atoms with E-state index in [0.717, 1.165) is 37.4 Å². The third kappa shape index (κ3) is 2.53. The lowest BCUT2D eigenvalue weighted by molar-refractivity contribution is 0.201. The molecule has 2 heterocycles. The maximum Gasteiger partial charge on any atom is 0.0706 e. The van der Waals surface area contributed by atoms with Gasteiger partial charge in [-0.2, -0.15) is 0 Å². The molecule has 1 fully saturated rings. The number of fused-ring (bicyclic) bond motifs is 1. The van der Waals surface area contributed by atoms with Crippen LogP contribution in [0.3, 0.4) is 0 Å². The Morgan fingerprint density at radius 1 is 1.16 bits per heavy atom. The minimum absolute atomic E-state index is 0.215. The number of nitrogens with one attached hydrogen (secondary N) is 1. The molecule has 1 aromatic carbocycles. The van der Waals surface area contributed by atoms with E-state index in [-0.39, 0.29) is 6.04 Å². The van der Waals surface area contributed by atoms with Crippen LogP contribution in [0.5, 0.6) is 0 Å². The van der Waals surface area contributed by atoms with Crippen LogP contribution in [0, 0.1) is 0 Å². The highest BCUT2D eigenvalue weighted by Crippen LogP contribution is 2.22. The second-order valence-corrected chi connectivity index (χ2v) is 4.90. The van der Waals surface area contributed by atoms with Crippen molar-refractivity contribution in [2.75, 3.05) is 26.2 Å². The Balaban J connectivity index is 1.93. The lowest BCUT2D eigenvalue weighted by Gasteiger charge is -2.32. The van der Waals surface area contributed by atoms with Gasteiger partial charge in [0.2, 0.25) is 0 Å². The van der Waals surface area contributed by atoms with Gasteiger partial charge in [-0.15, -0.1) is 6.58 Å². The normalized spacial score (nSPS) is 18.3. The monoisotopic (exact) mass is 253 g/mol. The molecule has 0 saturated carbocycles. The fraction of sp³-hybridized carbons (Fsp3) is 0.312. The number of hydrogen-bond acceptors (Lipinski definition) is 3. The van der Waals surface area contributed by atoms with Gasteiger partial charge in [-0.3, -0.25) is 9.88 Å². The summed E-state index contributed by atoms with van der Waals surface area (Å²) in [5, 5.41) is 4.57. The van der Waals surface area contributed by atoms with Gasteiger partial charge < -0.3 is 5.32 Å². The van der Waals surface area contributed by atoms with E-state index in [2.05, 4.69) is 41.1 Å². The van der Waals surface area contributed by atoms with E-state index >= 15 is 0 Å². The average molecular weight is 253 g/mol. The molecule has 1 atom stereocenters. The zero-order valence-corrected chi connectivity index (χ0v) is 11.0. The van der Waals surface area contributed by atoms with Gasteiger partial charge >= 0.3 is 0 Å². The highest BCUT2D eigenvalue weighted by atomic mass is 15.2. The summed E-state index contributed by atoms with van der Waals surface area (Å²) in [6.45, 7) is 8.16. The Kier molecular flexibility index (Phi) is 3.58. The molecule has 0 aliphatic carbocycles. The van der Waals surface area contributed by atoms with Gasteiger partial charge in [-0.25, -0.2) is 0 Å². The number of nitrogens with zero attached hydrogens (tertiary/aromatic N) is 2. The highest BCUT2D eigenvalue weighted by molar-refractivity contribution is 5.78. The van der Waals surface area contributed by atoms with E-state index in [1.807, 2.05) is 18.2 Å². The molecule has 19 heavy (non-hydrogen) atoms. The highest BCUT2D eigenvalue weighted by Gasteiger charge is 2.20. The van der Waals surface area contributed by atoms with E-state index in [9.17, 15) is 0 Å². The minimum Gasteiger partial charge on any atom is -0.314 e. The molecular formula is C16H19N3. The Bertz CT molecular complexity index is 573. The molecule has 0 amide bonds. The summed E-state index contributed by atoms with van der Waals surface area (Å²) in [5.74, 6) is 0. The number of benzene rings is 1. The van der Waals surface area contributed by atoms with Crippen LogP contribution in [0.2, 0.25) is 0 Å². The van der Waals surface area contributed by atoms with E-state index in [4.69, 9.17) is 4.98 Å². The Labute approximate surface area is 114 Å². The summed E-state index contributed by atoms with van der Waals surface area (Å²) in [6, 6.07) is 12.7. The maximum absolute atomic E-state index is 4.79. The quantitative estimate of drug-likeness (QED) is 0.851. The molecule has 2 aromatic rings. The van der Waals surface area contributed by atoms with Crippen LogP contribution in [0.15, 0.2) is 49.1 Å². The topological polar surface area (TPSA) is 28.2 Å². The third-order valence-corrected chi connectivity index (χ3v) is 3.69. The van der Waals surface area contributed by atoms with Crippen LogP contribution in [-0.4, -0.2) is 36.1 Å². The van der Waals surface area contributed by atoms with Crippen LogP contribution >= 0.6 is 0 Å². The Morgan fingerprint density at radius 2 is 1.95 bits per heavy atom. The molecule has 3 nitrogen and oxygen atoms in total. The number of aromatic nitrogens is 1. The standard InChI is InChI=1S/C16H19N3/c1-2-16(19-11-9-17-10-12-19)15-8-7-13-5-3-4-6-14(13)18-15/h2-8,16-17H,1,9-12H2/t16-/m0/s1. The van der Waals surface area contributed by atoms with Crippen LogP contribution in [0.4, 0.5) is 0 Å². The van der Waals surface area contributed by atoms with Crippen molar-refractivity contribution in [1.82, 2.24) is 15.2 Å². The van der Waals surface area contributed by atoms with Crippen LogP contribution in [0.1, 0.15) is 11.7 Å². The Hall–Kier alpha value is -1.71. The Morgan fingerprint density at radius 3 is 2.74 bits per heavy atom. The van der Waals surface area contributed by atoms with Crippen molar-refractivity contribution < 1.29 is 0 Å². The summed E-state index contributed by atoms with van der Waals surface area (Å²) in [6.07, 6.45) is 2.00. The predicted octanol–water partition coefficient (Wildman–Crippen LogP) is 2.37. The first kappa shape index (κ1) is 12.3. The van der Waals surface area contributed by atoms with E-state index in [1.165, 1.54) is 5.39 Å². The first-order valence-electron chi connectivity index (χ1n) is 6.81. The van der Waals surface area contributed by atoms with Crippen LogP contribution < -0.4 is 5.32 Å². The molecule has 3 heteroatoms. The van der Waals surface area contributed by atoms with E-state index in [0.29, 0.717) is 0 Å². The third-order valence-electron chi connectivity index (χ3n) is 3.69. The first-order valence-corrected chi connectivity index (χ1v) is 6.81. The van der Waals surface area contributed by atoms with Crippen molar-refractivity contribution in [3.63, 3.8) is 0 Å². The van der Waals surface area contributed by atoms with Crippen LogP contribution in [-0.2, 0) is 0 Å². The summed E-state index contributed by atoms with van der Waals surface area (Å²) in [7, 11) is 0. The van der Waals surface area contributed by atoms with Gasteiger partial charge in [0.1, 0.15) is 0 Å². The number of piperazine rings is 1. The number of pyridine rings is 1. The molecule has 1 saturated heterocycles. The van der Waals surface area contributed by atoms with Gasteiger partial charge in [-0.05, 0) is 12.1 Å². The number of hydrogen-bond donors (Lipinski definition) is 1. The number of rotatable bonds is 3. The van der Waals surface area contributed by atoms with Crippen LogP contribution in [0.25, 0.3) is 10.9 Å². The molecule has 98 valence electrons. The summed E-state index contributed by atoms with van der Waals surface area (Å²) in [5.41, 5.74) is 2.15. The van der Waals surface area contributed by atoms with Crippen molar-refractivity contribution in [2.45, 2.75) is 6.04 Å². The SMILES string of the molecule is C=C[C@@H](c1ccc2ccccc2n1)N1CCNCC1. The zero-order valence-electron chi connectivity index (χ0n) is 11.0. The summed E-state index contributed by atoms with van der Waals surface area (Å²) in [4.78, 5) is 7.22. The molecule has 0 spiro atoms. The fourth-order valence-corrected chi connectivity index (χ4v) is 2.66. The number of para-hydroxylation sites is 1. The molecule has 0 radical (unpaired) electrons. The van der Waals surface area contributed by atoms with Crippen molar-refractivity contribution in [3.05, 3.63) is 54.7 Å². The molecule has 1 aromatic heterocycles.